The monoisotopic (exact) mass is 610 g/mol. The summed E-state index contributed by atoms with van der Waals surface area (Å²) in [4.78, 5) is 16.3. The molecule has 0 unspecified atom stereocenters. The average Bonchev–Trinajstić information content (AvgIpc) is 3.86. The Hall–Kier alpha value is -6.47. The number of aromatic nitrogens is 3. The first-order valence-electron chi connectivity index (χ1n) is 15.3. The molecule has 9 rings (SSSR count). The fraction of sp³-hybridized carbons (Fsp3) is 0.0250. The summed E-state index contributed by atoms with van der Waals surface area (Å²) in [5.74, 6) is 1.77. The van der Waals surface area contributed by atoms with Crippen molar-refractivity contribution < 1.29 is 13.3 Å². The molecule has 3 heterocycles. The van der Waals surface area contributed by atoms with Crippen molar-refractivity contribution in [3.63, 3.8) is 0 Å². The molecule has 6 aromatic carbocycles. The Morgan fingerprint density at radius 3 is 1.21 bits per heavy atom. The van der Waals surface area contributed by atoms with Gasteiger partial charge in [0.2, 0.25) is 17.7 Å². The average molecular weight is 611 g/mol. The highest BCUT2D eigenvalue weighted by molar-refractivity contribution is 5.82. The van der Waals surface area contributed by atoms with Crippen LogP contribution in [0.15, 0.2) is 153 Å². The van der Waals surface area contributed by atoms with Crippen LogP contribution in [-0.4, -0.2) is 15.0 Å². The van der Waals surface area contributed by atoms with Crippen LogP contribution in [-0.2, 0) is 0 Å². The van der Waals surface area contributed by atoms with Crippen molar-refractivity contribution in [2.24, 2.45) is 0 Å². The fourth-order valence-electron chi connectivity index (χ4n) is 5.86. The number of oxazole rings is 3. The standard InChI is InChI=1S/C40H26N4O3/c1-25-10-23-37-34(24-25)43-40(47-37)28-15-21-31(22-16-28)44(29-17-11-26(12-18-29)38-41-32-6-2-4-8-35(32)45-38)30-19-13-27(14-20-30)39-42-33-7-3-5-9-36(33)46-39/h2-24H,1H3. The maximum atomic E-state index is 6.08. The molecule has 0 N–H and O–H groups in total. The van der Waals surface area contributed by atoms with E-state index in [9.17, 15) is 0 Å². The first-order chi connectivity index (χ1) is 23.1. The van der Waals surface area contributed by atoms with Gasteiger partial charge in [0.1, 0.15) is 16.6 Å². The smallest absolute Gasteiger partial charge is 0.227 e. The number of aryl methyl sites for hydroxylation is 1. The summed E-state index contributed by atoms with van der Waals surface area (Å²) >= 11 is 0. The molecule has 9 aromatic rings. The molecule has 0 radical (unpaired) electrons. The van der Waals surface area contributed by atoms with Crippen LogP contribution in [0, 0.1) is 6.92 Å². The molecule has 224 valence electrons. The second-order valence-corrected chi connectivity index (χ2v) is 11.4. The Kier molecular flexibility index (Phi) is 6.21. The van der Waals surface area contributed by atoms with Gasteiger partial charge in [-0.1, -0.05) is 30.3 Å². The summed E-state index contributed by atoms with van der Waals surface area (Å²) in [5, 5.41) is 0. The highest BCUT2D eigenvalue weighted by Crippen LogP contribution is 2.38. The number of hydrogen-bond donors (Lipinski definition) is 0. The summed E-state index contributed by atoms with van der Waals surface area (Å²) in [7, 11) is 0. The van der Waals surface area contributed by atoms with Gasteiger partial charge in [-0.05, 0) is 122 Å². The Bertz CT molecular complexity index is 2340. The maximum absolute atomic E-state index is 6.08. The van der Waals surface area contributed by atoms with Crippen LogP contribution in [0.4, 0.5) is 17.1 Å². The van der Waals surface area contributed by atoms with E-state index in [1.807, 2.05) is 103 Å². The van der Waals surface area contributed by atoms with E-state index in [1.165, 1.54) is 0 Å². The van der Waals surface area contributed by atoms with Gasteiger partial charge in [0.25, 0.3) is 0 Å². The minimum atomic E-state index is 0.588. The molecule has 7 nitrogen and oxygen atoms in total. The SMILES string of the molecule is Cc1ccc2oc(-c3ccc(N(c4ccc(-c5nc6ccccc6o5)cc4)c4ccc(-c5nc6ccccc6o5)cc4)cc3)nc2c1. The van der Waals surface area contributed by atoms with E-state index in [-0.39, 0.29) is 0 Å². The lowest BCUT2D eigenvalue weighted by Crippen LogP contribution is -2.09. The van der Waals surface area contributed by atoms with Gasteiger partial charge >= 0.3 is 0 Å². The van der Waals surface area contributed by atoms with Crippen molar-refractivity contribution in [2.45, 2.75) is 6.92 Å². The summed E-state index contributed by atoms with van der Waals surface area (Å²) in [6, 6.07) is 46.3. The van der Waals surface area contributed by atoms with E-state index in [0.29, 0.717) is 17.7 Å². The van der Waals surface area contributed by atoms with Crippen molar-refractivity contribution >= 4 is 50.4 Å². The molecule has 0 spiro atoms. The molecule has 3 aromatic heterocycles. The quantitative estimate of drug-likeness (QED) is 0.185. The number of anilines is 3. The van der Waals surface area contributed by atoms with Gasteiger partial charge in [0.05, 0.1) is 0 Å². The Balaban J connectivity index is 1.09. The van der Waals surface area contributed by atoms with Crippen LogP contribution >= 0.6 is 0 Å². The lowest BCUT2D eigenvalue weighted by atomic mass is 10.1. The first kappa shape index (κ1) is 26.9. The van der Waals surface area contributed by atoms with Gasteiger partial charge in [0, 0.05) is 33.8 Å². The largest absolute Gasteiger partial charge is 0.436 e. The predicted molar refractivity (Wildman–Crippen MR) is 185 cm³/mol. The van der Waals surface area contributed by atoms with E-state index in [4.69, 9.17) is 18.2 Å². The van der Waals surface area contributed by atoms with E-state index in [0.717, 1.165) is 72.6 Å². The van der Waals surface area contributed by atoms with E-state index >= 15 is 0 Å². The molecule has 0 bridgehead atoms. The van der Waals surface area contributed by atoms with Crippen LogP contribution in [0.2, 0.25) is 0 Å². The maximum Gasteiger partial charge on any atom is 0.227 e. The second-order valence-electron chi connectivity index (χ2n) is 11.4. The Morgan fingerprint density at radius 2 is 0.787 bits per heavy atom. The molecule has 0 aliphatic rings. The minimum Gasteiger partial charge on any atom is -0.436 e. The zero-order valence-corrected chi connectivity index (χ0v) is 25.3. The van der Waals surface area contributed by atoms with Gasteiger partial charge in [0.15, 0.2) is 16.7 Å². The third kappa shape index (κ3) is 4.91. The third-order valence-corrected chi connectivity index (χ3v) is 8.25. The fourth-order valence-corrected chi connectivity index (χ4v) is 5.86. The van der Waals surface area contributed by atoms with Gasteiger partial charge in [-0.25, -0.2) is 15.0 Å². The normalized spacial score (nSPS) is 11.5. The number of para-hydroxylation sites is 4. The zero-order valence-electron chi connectivity index (χ0n) is 25.3. The van der Waals surface area contributed by atoms with Crippen LogP contribution in [0.1, 0.15) is 5.56 Å². The molecular formula is C40H26N4O3. The lowest BCUT2D eigenvalue weighted by molar-refractivity contribution is 0.619. The van der Waals surface area contributed by atoms with Gasteiger partial charge in [-0.2, -0.15) is 0 Å². The van der Waals surface area contributed by atoms with Gasteiger partial charge in [-0.3, -0.25) is 0 Å². The second kappa shape index (κ2) is 10.9. The van der Waals surface area contributed by atoms with Crippen molar-refractivity contribution in [1.82, 2.24) is 15.0 Å². The van der Waals surface area contributed by atoms with E-state index in [1.54, 1.807) is 0 Å². The van der Waals surface area contributed by atoms with Gasteiger partial charge in [-0.15, -0.1) is 0 Å². The van der Waals surface area contributed by atoms with Crippen LogP contribution in [0.3, 0.4) is 0 Å². The first-order valence-corrected chi connectivity index (χ1v) is 15.3. The molecule has 0 saturated heterocycles. The number of hydrogen-bond acceptors (Lipinski definition) is 7. The van der Waals surface area contributed by atoms with Crippen LogP contribution in [0.5, 0.6) is 0 Å². The molecule has 0 aliphatic carbocycles. The van der Waals surface area contributed by atoms with Crippen molar-refractivity contribution in [3.8, 4) is 34.4 Å². The lowest BCUT2D eigenvalue weighted by Gasteiger charge is -2.26. The molecule has 0 amide bonds. The molecule has 7 heteroatoms. The summed E-state index contributed by atoms with van der Waals surface area (Å²) in [5.41, 5.74) is 11.6. The number of rotatable bonds is 6. The molecular weight excluding hydrogens is 584 g/mol. The van der Waals surface area contributed by atoms with Gasteiger partial charge < -0.3 is 18.2 Å². The number of fused-ring (bicyclic) bond motifs is 3. The van der Waals surface area contributed by atoms with Crippen LogP contribution < -0.4 is 4.90 Å². The summed E-state index contributed by atoms with van der Waals surface area (Å²) in [6.45, 7) is 2.05. The topological polar surface area (TPSA) is 81.3 Å². The highest BCUT2D eigenvalue weighted by Gasteiger charge is 2.17. The van der Waals surface area contributed by atoms with Crippen molar-refractivity contribution in [2.75, 3.05) is 4.90 Å². The summed E-state index contributed by atoms with van der Waals surface area (Å²) in [6.07, 6.45) is 0. The molecule has 47 heavy (non-hydrogen) atoms. The minimum absolute atomic E-state index is 0.588. The molecule has 0 saturated carbocycles. The van der Waals surface area contributed by atoms with E-state index in [2.05, 4.69) is 58.2 Å². The van der Waals surface area contributed by atoms with E-state index < -0.39 is 0 Å². The predicted octanol–water partition coefficient (Wildman–Crippen LogP) is 10.9. The molecule has 0 fully saturated rings. The zero-order chi connectivity index (χ0) is 31.3. The van der Waals surface area contributed by atoms with Crippen LogP contribution in [0.25, 0.3) is 67.7 Å². The number of nitrogens with zero attached hydrogens (tertiary/aromatic N) is 4. The Labute approximate surface area is 269 Å². The molecule has 0 aliphatic heterocycles. The summed E-state index contributed by atoms with van der Waals surface area (Å²) < 4.78 is 18.1. The van der Waals surface area contributed by atoms with Crippen molar-refractivity contribution in [1.29, 1.82) is 0 Å². The van der Waals surface area contributed by atoms with Crippen molar-refractivity contribution in [3.05, 3.63) is 145 Å². The highest BCUT2D eigenvalue weighted by atomic mass is 16.4. The third-order valence-electron chi connectivity index (χ3n) is 8.25. The molecule has 0 atom stereocenters. The Morgan fingerprint density at radius 1 is 0.404 bits per heavy atom. The number of benzene rings is 6.